The van der Waals surface area contributed by atoms with Crippen molar-refractivity contribution in [1.82, 2.24) is 0 Å². The quantitative estimate of drug-likeness (QED) is 0.711. The Morgan fingerprint density at radius 3 is 2.57 bits per heavy atom. The Bertz CT molecular complexity index is 262. The fourth-order valence-electron chi connectivity index (χ4n) is 1.74. The highest BCUT2D eigenvalue weighted by atomic mass is 16.5. The van der Waals surface area contributed by atoms with Crippen molar-refractivity contribution in [2.75, 3.05) is 6.61 Å². The third-order valence-electron chi connectivity index (χ3n) is 2.79. The van der Waals surface area contributed by atoms with Gasteiger partial charge in [0.2, 0.25) is 0 Å². The average molecular weight is 196 g/mol. The zero-order valence-corrected chi connectivity index (χ0v) is 8.15. The highest BCUT2D eigenvalue weighted by Crippen LogP contribution is 2.28. The number of hydrogen-bond acceptors (Lipinski definition) is 3. The van der Waals surface area contributed by atoms with E-state index in [9.17, 15) is 0 Å². The molecule has 0 unspecified atom stereocenters. The van der Waals surface area contributed by atoms with Crippen LogP contribution in [0.5, 0.6) is 0 Å². The van der Waals surface area contributed by atoms with Gasteiger partial charge < -0.3 is 14.9 Å². The van der Waals surface area contributed by atoms with Gasteiger partial charge in [-0.3, -0.25) is 0 Å². The summed E-state index contributed by atoms with van der Waals surface area (Å²) < 4.78 is 5.67. The van der Waals surface area contributed by atoms with Crippen molar-refractivity contribution in [3.8, 4) is 0 Å². The molecule has 0 aromatic rings. The summed E-state index contributed by atoms with van der Waals surface area (Å²) in [6.45, 7) is 0.145. The van der Waals surface area contributed by atoms with Crippen LogP contribution >= 0.6 is 0 Å². The lowest BCUT2D eigenvalue weighted by Gasteiger charge is -2.33. The summed E-state index contributed by atoms with van der Waals surface area (Å²) in [6.07, 6.45) is 7.18. The summed E-state index contributed by atoms with van der Waals surface area (Å²) in [7, 11) is 0. The van der Waals surface area contributed by atoms with E-state index < -0.39 is 0 Å². The summed E-state index contributed by atoms with van der Waals surface area (Å²) in [6, 6.07) is 0. The van der Waals surface area contributed by atoms with Gasteiger partial charge in [0.25, 0.3) is 0 Å². The van der Waals surface area contributed by atoms with E-state index >= 15 is 0 Å². The Hall–Kier alpha value is -0.800. The lowest BCUT2D eigenvalue weighted by Crippen LogP contribution is -2.35. The van der Waals surface area contributed by atoms with E-state index in [0.717, 1.165) is 37.0 Å². The van der Waals surface area contributed by atoms with Crippen molar-refractivity contribution >= 4 is 0 Å². The number of hydrogen-bond donors (Lipinski definition) is 2. The second-order valence-corrected chi connectivity index (χ2v) is 3.98. The Kier molecular flexibility index (Phi) is 2.89. The zero-order valence-electron chi connectivity index (χ0n) is 8.15. The minimum atomic E-state index is -0.160. The molecule has 0 radical (unpaired) electrons. The molecule has 1 saturated carbocycles. The molecule has 2 aliphatic rings. The first kappa shape index (κ1) is 9.74. The minimum Gasteiger partial charge on any atom is -0.495 e. The standard InChI is InChI=1S/C11H16O3/c12-7-8-1-3-10(4-2-8)14-11-5-9(13)6-11/h1,3,9,11-13H,2,4-7H2. The molecule has 0 aromatic heterocycles. The van der Waals surface area contributed by atoms with Gasteiger partial charge in [0.1, 0.15) is 6.10 Å². The first-order valence-electron chi connectivity index (χ1n) is 5.12. The van der Waals surface area contributed by atoms with E-state index in [0.29, 0.717) is 0 Å². The van der Waals surface area contributed by atoms with E-state index in [1.165, 1.54) is 0 Å². The van der Waals surface area contributed by atoms with Crippen molar-refractivity contribution in [2.24, 2.45) is 0 Å². The SMILES string of the molecule is OCC1=CC=C(OC2CC(O)C2)CC1. The van der Waals surface area contributed by atoms with Crippen LogP contribution in [0.25, 0.3) is 0 Å². The zero-order chi connectivity index (χ0) is 9.97. The maximum Gasteiger partial charge on any atom is 0.103 e. The Labute approximate surface area is 83.7 Å². The van der Waals surface area contributed by atoms with Crippen LogP contribution in [0.4, 0.5) is 0 Å². The van der Waals surface area contributed by atoms with Crippen LogP contribution in [0.1, 0.15) is 25.7 Å². The molecule has 3 nitrogen and oxygen atoms in total. The molecule has 1 fully saturated rings. The average Bonchev–Trinajstić information content (AvgIpc) is 2.17. The molecule has 2 aliphatic carbocycles. The third kappa shape index (κ3) is 2.16. The number of rotatable bonds is 3. The molecule has 0 atom stereocenters. The molecule has 0 spiro atoms. The molecule has 0 heterocycles. The monoisotopic (exact) mass is 196 g/mol. The van der Waals surface area contributed by atoms with Crippen molar-refractivity contribution in [2.45, 2.75) is 37.9 Å². The number of aliphatic hydroxyl groups excluding tert-OH is 2. The molecular formula is C11H16O3. The molecule has 0 aromatic carbocycles. The summed E-state index contributed by atoms with van der Waals surface area (Å²) in [4.78, 5) is 0. The second-order valence-electron chi connectivity index (χ2n) is 3.98. The summed E-state index contributed by atoms with van der Waals surface area (Å²) in [5.41, 5.74) is 1.06. The maximum absolute atomic E-state index is 9.08. The fraction of sp³-hybridized carbons (Fsp3) is 0.636. The number of allylic oxidation sites excluding steroid dienone is 3. The maximum atomic E-state index is 9.08. The fourth-order valence-corrected chi connectivity index (χ4v) is 1.74. The van der Waals surface area contributed by atoms with E-state index in [-0.39, 0.29) is 18.8 Å². The van der Waals surface area contributed by atoms with Crippen molar-refractivity contribution in [1.29, 1.82) is 0 Å². The van der Waals surface area contributed by atoms with E-state index in [2.05, 4.69) is 0 Å². The predicted molar refractivity (Wildman–Crippen MR) is 52.6 cm³/mol. The summed E-state index contributed by atoms with van der Waals surface area (Å²) >= 11 is 0. The smallest absolute Gasteiger partial charge is 0.103 e. The number of aliphatic hydroxyl groups is 2. The molecule has 2 N–H and O–H groups in total. The molecule has 14 heavy (non-hydrogen) atoms. The first-order valence-corrected chi connectivity index (χ1v) is 5.12. The van der Waals surface area contributed by atoms with Gasteiger partial charge in [-0.1, -0.05) is 6.08 Å². The van der Waals surface area contributed by atoms with Crippen LogP contribution < -0.4 is 0 Å². The molecule has 78 valence electrons. The molecule has 0 aliphatic heterocycles. The van der Waals surface area contributed by atoms with Crippen LogP contribution in [0.3, 0.4) is 0 Å². The van der Waals surface area contributed by atoms with Gasteiger partial charge in [0, 0.05) is 19.3 Å². The minimum absolute atomic E-state index is 0.145. The molecule has 3 heteroatoms. The summed E-state index contributed by atoms with van der Waals surface area (Å²) in [5, 5.41) is 18.0. The lowest BCUT2D eigenvalue weighted by atomic mass is 9.92. The van der Waals surface area contributed by atoms with E-state index in [1.54, 1.807) is 0 Å². The van der Waals surface area contributed by atoms with Crippen LogP contribution in [-0.2, 0) is 4.74 Å². The van der Waals surface area contributed by atoms with Gasteiger partial charge in [-0.25, -0.2) is 0 Å². The van der Waals surface area contributed by atoms with Gasteiger partial charge in [0.05, 0.1) is 18.5 Å². The lowest BCUT2D eigenvalue weighted by molar-refractivity contribution is -0.0456. The highest BCUT2D eigenvalue weighted by molar-refractivity contribution is 5.21. The molecule has 0 bridgehead atoms. The van der Waals surface area contributed by atoms with Crippen LogP contribution in [0.15, 0.2) is 23.5 Å². The topological polar surface area (TPSA) is 49.7 Å². The molecule has 0 amide bonds. The normalized spacial score (nSPS) is 31.6. The van der Waals surface area contributed by atoms with Crippen LogP contribution in [-0.4, -0.2) is 29.0 Å². The van der Waals surface area contributed by atoms with Crippen molar-refractivity contribution in [3.05, 3.63) is 23.5 Å². The van der Waals surface area contributed by atoms with Gasteiger partial charge in [-0.05, 0) is 18.1 Å². The van der Waals surface area contributed by atoms with Crippen LogP contribution in [0, 0.1) is 0 Å². The molecule has 2 rings (SSSR count). The van der Waals surface area contributed by atoms with E-state index in [4.69, 9.17) is 14.9 Å². The van der Waals surface area contributed by atoms with Crippen molar-refractivity contribution in [3.63, 3.8) is 0 Å². The molecular weight excluding hydrogens is 180 g/mol. The third-order valence-corrected chi connectivity index (χ3v) is 2.79. The van der Waals surface area contributed by atoms with Crippen LogP contribution in [0.2, 0.25) is 0 Å². The first-order chi connectivity index (χ1) is 6.78. The molecule has 0 saturated heterocycles. The Morgan fingerprint density at radius 2 is 2.07 bits per heavy atom. The van der Waals surface area contributed by atoms with Crippen molar-refractivity contribution < 1.29 is 14.9 Å². The van der Waals surface area contributed by atoms with E-state index in [1.807, 2.05) is 12.2 Å². The Balaban J connectivity index is 1.82. The Morgan fingerprint density at radius 1 is 1.29 bits per heavy atom. The largest absolute Gasteiger partial charge is 0.495 e. The van der Waals surface area contributed by atoms with Gasteiger partial charge in [-0.15, -0.1) is 0 Å². The highest BCUT2D eigenvalue weighted by Gasteiger charge is 2.29. The summed E-state index contributed by atoms with van der Waals surface area (Å²) in [5.74, 6) is 0.985. The number of ether oxygens (including phenoxy) is 1. The second kappa shape index (κ2) is 4.15. The van der Waals surface area contributed by atoms with Gasteiger partial charge in [-0.2, -0.15) is 0 Å². The van der Waals surface area contributed by atoms with Gasteiger partial charge >= 0.3 is 0 Å². The predicted octanol–water partition coefficient (Wildman–Crippen LogP) is 1.12. The van der Waals surface area contributed by atoms with Gasteiger partial charge in [0.15, 0.2) is 0 Å².